The molecule has 1 aliphatic carbocycles. The third-order valence-corrected chi connectivity index (χ3v) is 5.55. The van der Waals surface area contributed by atoms with Gasteiger partial charge in [-0.1, -0.05) is 23.7 Å². The van der Waals surface area contributed by atoms with Gasteiger partial charge >= 0.3 is 5.97 Å². The fourth-order valence-corrected chi connectivity index (χ4v) is 4.81. The van der Waals surface area contributed by atoms with Gasteiger partial charge in [-0.3, -0.25) is 4.79 Å². The van der Waals surface area contributed by atoms with Crippen LogP contribution in [0.5, 0.6) is 0 Å². The molecule has 104 valence electrons. The summed E-state index contributed by atoms with van der Waals surface area (Å²) in [5.41, 5.74) is 4.75. The van der Waals surface area contributed by atoms with Gasteiger partial charge in [0.25, 0.3) is 0 Å². The number of hydrogen-bond acceptors (Lipinski definition) is 4. The standard InChI is InChI=1S/C12H14ClNO4S/c1-19(17,18)10-9(12(10,6-14)11(15)16)7-2-4-8(13)5-3-7/h2-5,9-10H,6,14H2,1H3,(H,15,16)/t9-,10-,12+/m0/s1. The van der Waals surface area contributed by atoms with Gasteiger partial charge in [0.2, 0.25) is 0 Å². The van der Waals surface area contributed by atoms with Crippen LogP contribution >= 0.6 is 11.6 Å². The van der Waals surface area contributed by atoms with Crippen molar-refractivity contribution in [3.8, 4) is 0 Å². The van der Waals surface area contributed by atoms with E-state index in [0.29, 0.717) is 10.6 Å². The summed E-state index contributed by atoms with van der Waals surface area (Å²) in [6, 6.07) is 6.51. The van der Waals surface area contributed by atoms with Crippen LogP contribution in [0.2, 0.25) is 5.02 Å². The molecule has 0 spiro atoms. The molecule has 0 amide bonds. The summed E-state index contributed by atoms with van der Waals surface area (Å²) >= 11 is 5.77. The van der Waals surface area contributed by atoms with E-state index < -0.39 is 32.4 Å². The van der Waals surface area contributed by atoms with Gasteiger partial charge in [-0.2, -0.15) is 0 Å². The third-order valence-electron chi connectivity index (χ3n) is 3.68. The Morgan fingerprint density at radius 2 is 1.95 bits per heavy atom. The zero-order valence-electron chi connectivity index (χ0n) is 10.2. The van der Waals surface area contributed by atoms with Gasteiger partial charge in [0, 0.05) is 23.7 Å². The van der Waals surface area contributed by atoms with E-state index in [0.717, 1.165) is 6.26 Å². The maximum atomic E-state index is 11.8. The van der Waals surface area contributed by atoms with Crippen molar-refractivity contribution in [2.75, 3.05) is 12.8 Å². The fourth-order valence-electron chi connectivity index (χ4n) is 2.76. The Hall–Kier alpha value is -1.11. The Morgan fingerprint density at radius 1 is 1.42 bits per heavy atom. The number of carbonyl (C=O) groups is 1. The topological polar surface area (TPSA) is 97.5 Å². The average Bonchev–Trinajstić information content (AvgIpc) is 3.00. The minimum absolute atomic E-state index is 0.215. The predicted molar refractivity (Wildman–Crippen MR) is 71.9 cm³/mol. The van der Waals surface area contributed by atoms with Crippen molar-refractivity contribution in [3.63, 3.8) is 0 Å². The molecular weight excluding hydrogens is 290 g/mol. The second-order valence-electron chi connectivity index (χ2n) is 4.83. The van der Waals surface area contributed by atoms with Gasteiger partial charge < -0.3 is 10.8 Å². The molecule has 19 heavy (non-hydrogen) atoms. The number of nitrogens with two attached hydrogens (primary N) is 1. The third kappa shape index (κ3) is 2.13. The minimum atomic E-state index is -3.50. The lowest BCUT2D eigenvalue weighted by molar-refractivity contribution is -0.143. The molecule has 0 radical (unpaired) electrons. The molecule has 1 saturated carbocycles. The quantitative estimate of drug-likeness (QED) is 0.860. The average molecular weight is 304 g/mol. The van der Waals surface area contributed by atoms with Crippen molar-refractivity contribution in [2.45, 2.75) is 11.2 Å². The lowest BCUT2D eigenvalue weighted by atomic mass is 9.99. The smallest absolute Gasteiger partial charge is 0.312 e. The van der Waals surface area contributed by atoms with Crippen LogP contribution in [-0.4, -0.2) is 37.5 Å². The Kier molecular flexibility index (Phi) is 3.36. The van der Waals surface area contributed by atoms with Gasteiger partial charge in [-0.05, 0) is 17.7 Å². The lowest BCUT2D eigenvalue weighted by Gasteiger charge is -2.09. The number of carboxylic acid groups (broad SMARTS) is 1. The molecule has 1 aromatic rings. The molecule has 7 heteroatoms. The molecule has 2 rings (SSSR count). The first-order valence-corrected chi connectivity index (χ1v) is 7.96. The van der Waals surface area contributed by atoms with E-state index in [1.54, 1.807) is 24.3 Å². The van der Waals surface area contributed by atoms with Gasteiger partial charge in [-0.25, -0.2) is 8.42 Å². The van der Waals surface area contributed by atoms with Crippen LogP contribution < -0.4 is 5.73 Å². The van der Waals surface area contributed by atoms with Crippen LogP contribution in [-0.2, 0) is 14.6 Å². The number of sulfone groups is 1. The second kappa shape index (κ2) is 4.47. The van der Waals surface area contributed by atoms with E-state index in [1.807, 2.05) is 0 Å². The molecule has 0 saturated heterocycles. The second-order valence-corrected chi connectivity index (χ2v) is 7.43. The highest BCUT2D eigenvalue weighted by atomic mass is 35.5. The highest BCUT2D eigenvalue weighted by Gasteiger charge is 2.74. The van der Waals surface area contributed by atoms with E-state index in [-0.39, 0.29) is 6.54 Å². The van der Waals surface area contributed by atoms with Crippen molar-refractivity contribution < 1.29 is 18.3 Å². The Bertz CT molecular complexity index is 613. The fraction of sp³-hybridized carbons (Fsp3) is 0.417. The lowest BCUT2D eigenvalue weighted by Crippen LogP contribution is -2.31. The molecule has 5 nitrogen and oxygen atoms in total. The molecule has 0 aliphatic heterocycles. The summed E-state index contributed by atoms with van der Waals surface area (Å²) in [6.07, 6.45) is 1.04. The van der Waals surface area contributed by atoms with E-state index in [4.69, 9.17) is 17.3 Å². The summed E-state index contributed by atoms with van der Waals surface area (Å²) in [4.78, 5) is 11.5. The molecule has 1 aliphatic rings. The van der Waals surface area contributed by atoms with Crippen LogP contribution in [0.25, 0.3) is 0 Å². The molecule has 1 fully saturated rings. The number of aliphatic carboxylic acids is 1. The molecule has 1 aromatic carbocycles. The molecule has 0 aromatic heterocycles. The highest BCUT2D eigenvalue weighted by molar-refractivity contribution is 7.91. The highest BCUT2D eigenvalue weighted by Crippen LogP contribution is 2.62. The zero-order chi connectivity index (χ0) is 14.4. The number of carboxylic acids is 1. The summed E-state index contributed by atoms with van der Waals surface area (Å²) in [6.45, 7) is -0.215. The summed E-state index contributed by atoms with van der Waals surface area (Å²) in [7, 11) is -3.50. The SMILES string of the molecule is CS(=O)(=O)[C@H]1[C@H](c2ccc(Cl)cc2)[C@@]1(CN)C(=O)O. The predicted octanol–water partition coefficient (Wildman–Crippen LogP) is 0.880. The van der Waals surface area contributed by atoms with E-state index in [9.17, 15) is 18.3 Å². The number of benzene rings is 1. The van der Waals surface area contributed by atoms with Gasteiger partial charge in [0.15, 0.2) is 9.84 Å². The summed E-state index contributed by atoms with van der Waals surface area (Å²) in [5.74, 6) is -1.80. The minimum Gasteiger partial charge on any atom is -0.481 e. The number of rotatable bonds is 4. The van der Waals surface area contributed by atoms with Gasteiger partial charge in [0.1, 0.15) is 5.41 Å². The van der Waals surface area contributed by atoms with Crippen molar-refractivity contribution in [1.29, 1.82) is 0 Å². The molecular formula is C12H14ClNO4S. The number of halogens is 1. The largest absolute Gasteiger partial charge is 0.481 e. The van der Waals surface area contributed by atoms with Crippen LogP contribution in [0.3, 0.4) is 0 Å². The van der Waals surface area contributed by atoms with Crippen LogP contribution in [0.15, 0.2) is 24.3 Å². The number of hydrogen-bond donors (Lipinski definition) is 2. The first-order valence-electron chi connectivity index (χ1n) is 5.63. The molecule has 0 unspecified atom stereocenters. The maximum Gasteiger partial charge on any atom is 0.312 e. The van der Waals surface area contributed by atoms with Crippen LogP contribution in [0.1, 0.15) is 11.5 Å². The van der Waals surface area contributed by atoms with Crippen LogP contribution in [0, 0.1) is 5.41 Å². The van der Waals surface area contributed by atoms with Crippen LogP contribution in [0.4, 0.5) is 0 Å². The van der Waals surface area contributed by atoms with E-state index in [1.165, 1.54) is 0 Å². The summed E-state index contributed by atoms with van der Waals surface area (Å²) in [5, 5.41) is 8.88. The van der Waals surface area contributed by atoms with Gasteiger partial charge in [0.05, 0.1) is 5.25 Å². The molecule has 3 atom stereocenters. The van der Waals surface area contributed by atoms with Gasteiger partial charge in [-0.15, -0.1) is 0 Å². The van der Waals surface area contributed by atoms with E-state index in [2.05, 4.69) is 0 Å². The Labute approximate surface area is 116 Å². The molecule has 3 N–H and O–H groups in total. The first-order chi connectivity index (χ1) is 8.75. The Morgan fingerprint density at radius 3 is 2.26 bits per heavy atom. The van der Waals surface area contributed by atoms with E-state index >= 15 is 0 Å². The maximum absolute atomic E-state index is 11.8. The normalized spacial score (nSPS) is 30.1. The molecule has 0 bridgehead atoms. The Balaban J connectivity index is 2.50. The zero-order valence-corrected chi connectivity index (χ0v) is 11.8. The van der Waals surface area contributed by atoms with Crippen molar-refractivity contribution in [3.05, 3.63) is 34.9 Å². The molecule has 0 heterocycles. The van der Waals surface area contributed by atoms with Crippen molar-refractivity contribution >= 4 is 27.4 Å². The van der Waals surface area contributed by atoms with Crippen molar-refractivity contribution in [1.82, 2.24) is 0 Å². The first kappa shape index (κ1) is 14.3. The summed E-state index contributed by atoms with van der Waals surface area (Å²) < 4.78 is 23.6. The monoisotopic (exact) mass is 303 g/mol. The van der Waals surface area contributed by atoms with Crippen molar-refractivity contribution in [2.24, 2.45) is 11.1 Å².